The highest BCUT2D eigenvalue weighted by Crippen LogP contribution is 2.20. The number of hydrogen-bond acceptors (Lipinski definition) is 4. The van der Waals surface area contributed by atoms with Gasteiger partial charge in [0.1, 0.15) is 0 Å². The smallest absolute Gasteiger partial charge is 0.226 e. The number of carbonyl (C=O) groups is 1. The fourth-order valence-corrected chi connectivity index (χ4v) is 3.99. The third-order valence-electron chi connectivity index (χ3n) is 2.91. The molecule has 0 aliphatic rings. The van der Waals surface area contributed by atoms with Gasteiger partial charge in [-0.1, -0.05) is 49.7 Å². The minimum atomic E-state index is 0.177. The fraction of sp³-hybridized carbons (Fsp3) is 0.533. The van der Waals surface area contributed by atoms with E-state index in [9.17, 15) is 4.79 Å². The monoisotopic (exact) mass is 390 g/mol. The van der Waals surface area contributed by atoms with E-state index in [1.807, 2.05) is 57.8 Å². The standard InChI is InChI=1S/C15H23BrN2OS2/c1-17(2)8-10-20-21-11-9-18(3)15(19)12-13-4-6-14(16)7-5-13/h4-7H,8-12H2,1-3H3. The van der Waals surface area contributed by atoms with Gasteiger partial charge in [0, 0.05) is 36.1 Å². The molecule has 1 rings (SSSR count). The maximum Gasteiger partial charge on any atom is 0.226 e. The van der Waals surface area contributed by atoms with Crippen LogP contribution in [0.15, 0.2) is 28.7 Å². The molecule has 6 heteroatoms. The highest BCUT2D eigenvalue weighted by Gasteiger charge is 2.09. The molecule has 0 unspecified atom stereocenters. The van der Waals surface area contributed by atoms with Crippen LogP contribution in [0.2, 0.25) is 0 Å². The van der Waals surface area contributed by atoms with Crippen LogP contribution in [0.1, 0.15) is 5.56 Å². The largest absolute Gasteiger partial charge is 0.345 e. The lowest BCUT2D eigenvalue weighted by Crippen LogP contribution is -2.30. The van der Waals surface area contributed by atoms with Crippen molar-refractivity contribution in [2.24, 2.45) is 0 Å². The van der Waals surface area contributed by atoms with Crippen LogP contribution in [0.25, 0.3) is 0 Å². The molecule has 0 radical (unpaired) electrons. The summed E-state index contributed by atoms with van der Waals surface area (Å²) >= 11 is 3.40. The molecule has 0 spiro atoms. The molecule has 0 bridgehead atoms. The second-order valence-electron chi connectivity index (χ2n) is 5.07. The van der Waals surface area contributed by atoms with Gasteiger partial charge in [-0.15, -0.1) is 0 Å². The number of likely N-dealkylation sites (N-methyl/N-ethyl adjacent to an activating group) is 1. The van der Waals surface area contributed by atoms with Gasteiger partial charge in [0.2, 0.25) is 5.91 Å². The minimum Gasteiger partial charge on any atom is -0.345 e. The molecular weight excluding hydrogens is 368 g/mol. The van der Waals surface area contributed by atoms with Crippen LogP contribution in [0.4, 0.5) is 0 Å². The van der Waals surface area contributed by atoms with Crippen molar-refractivity contribution in [3.05, 3.63) is 34.3 Å². The molecule has 3 nitrogen and oxygen atoms in total. The normalized spacial score (nSPS) is 10.9. The van der Waals surface area contributed by atoms with Gasteiger partial charge in [0.25, 0.3) is 0 Å². The Morgan fingerprint density at radius 3 is 2.19 bits per heavy atom. The average Bonchev–Trinajstić information content (AvgIpc) is 2.44. The maximum absolute atomic E-state index is 12.1. The molecule has 0 aromatic heterocycles. The Balaban J connectivity index is 2.18. The number of halogens is 1. The van der Waals surface area contributed by atoms with Gasteiger partial charge in [0.15, 0.2) is 0 Å². The Kier molecular flexibility index (Phi) is 9.47. The van der Waals surface area contributed by atoms with E-state index in [4.69, 9.17) is 0 Å². The predicted molar refractivity (Wildman–Crippen MR) is 99.0 cm³/mol. The summed E-state index contributed by atoms with van der Waals surface area (Å²) in [6, 6.07) is 7.92. The number of nitrogens with zero attached hydrogens (tertiary/aromatic N) is 2. The van der Waals surface area contributed by atoms with Crippen LogP contribution in [0, 0.1) is 0 Å². The lowest BCUT2D eigenvalue weighted by molar-refractivity contribution is -0.128. The SMILES string of the molecule is CN(C)CCSSCCN(C)C(=O)Cc1ccc(Br)cc1. The maximum atomic E-state index is 12.1. The summed E-state index contributed by atoms with van der Waals surface area (Å²) < 4.78 is 1.04. The Labute approximate surface area is 144 Å². The quantitative estimate of drug-likeness (QED) is 0.476. The third kappa shape index (κ3) is 8.76. The van der Waals surface area contributed by atoms with Crippen molar-refractivity contribution < 1.29 is 4.79 Å². The molecule has 0 atom stereocenters. The van der Waals surface area contributed by atoms with Crippen molar-refractivity contribution in [3.8, 4) is 0 Å². The summed E-state index contributed by atoms with van der Waals surface area (Å²) in [6.07, 6.45) is 0.474. The van der Waals surface area contributed by atoms with Crippen LogP contribution < -0.4 is 0 Å². The molecule has 0 fully saturated rings. The van der Waals surface area contributed by atoms with Crippen LogP contribution in [-0.4, -0.2) is 61.4 Å². The van der Waals surface area contributed by atoms with Gasteiger partial charge in [-0.25, -0.2) is 0 Å². The summed E-state index contributed by atoms with van der Waals surface area (Å²) in [5, 5.41) is 0. The van der Waals surface area contributed by atoms with Crippen molar-refractivity contribution >= 4 is 43.4 Å². The minimum absolute atomic E-state index is 0.177. The second kappa shape index (κ2) is 10.5. The van der Waals surface area contributed by atoms with E-state index in [2.05, 4.69) is 34.9 Å². The van der Waals surface area contributed by atoms with Gasteiger partial charge in [-0.05, 0) is 31.8 Å². The number of rotatable bonds is 9. The van der Waals surface area contributed by atoms with Crippen LogP contribution in [-0.2, 0) is 11.2 Å². The summed E-state index contributed by atoms with van der Waals surface area (Å²) in [6.45, 7) is 1.89. The van der Waals surface area contributed by atoms with Crippen molar-refractivity contribution in [1.29, 1.82) is 0 Å². The number of hydrogen-bond donors (Lipinski definition) is 0. The predicted octanol–water partition coefficient (Wildman–Crippen LogP) is 3.39. The van der Waals surface area contributed by atoms with E-state index in [0.717, 1.165) is 34.6 Å². The average molecular weight is 391 g/mol. The molecule has 1 aromatic carbocycles. The van der Waals surface area contributed by atoms with Gasteiger partial charge in [0.05, 0.1) is 6.42 Å². The molecule has 1 aromatic rings. The van der Waals surface area contributed by atoms with E-state index < -0.39 is 0 Å². The zero-order valence-electron chi connectivity index (χ0n) is 12.8. The molecular formula is C15H23BrN2OS2. The third-order valence-corrected chi connectivity index (χ3v) is 5.80. The molecule has 0 saturated carbocycles. The highest BCUT2D eigenvalue weighted by molar-refractivity contribution is 9.10. The lowest BCUT2D eigenvalue weighted by atomic mass is 10.1. The number of benzene rings is 1. The number of amides is 1. The summed E-state index contributed by atoms with van der Waals surface area (Å²) in [7, 11) is 9.76. The first-order valence-corrected chi connectivity index (χ1v) is 10.1. The van der Waals surface area contributed by atoms with E-state index in [0.29, 0.717) is 6.42 Å². The van der Waals surface area contributed by atoms with Crippen molar-refractivity contribution in [3.63, 3.8) is 0 Å². The van der Waals surface area contributed by atoms with E-state index >= 15 is 0 Å². The van der Waals surface area contributed by atoms with Gasteiger partial charge >= 0.3 is 0 Å². The van der Waals surface area contributed by atoms with Gasteiger partial charge < -0.3 is 9.80 Å². The number of carbonyl (C=O) groups excluding carboxylic acids is 1. The molecule has 0 heterocycles. The molecule has 0 N–H and O–H groups in total. The first-order valence-electron chi connectivity index (χ1n) is 6.86. The van der Waals surface area contributed by atoms with Crippen molar-refractivity contribution in [1.82, 2.24) is 9.80 Å². The van der Waals surface area contributed by atoms with Crippen LogP contribution in [0.5, 0.6) is 0 Å². The highest BCUT2D eigenvalue weighted by atomic mass is 79.9. The Morgan fingerprint density at radius 1 is 1.05 bits per heavy atom. The molecule has 0 saturated heterocycles. The topological polar surface area (TPSA) is 23.6 Å². The Bertz CT molecular complexity index is 426. The fourth-order valence-electron chi connectivity index (χ4n) is 1.55. The lowest BCUT2D eigenvalue weighted by Gasteiger charge is -2.17. The van der Waals surface area contributed by atoms with Gasteiger partial charge in [-0.3, -0.25) is 4.79 Å². The first kappa shape index (κ1) is 18.9. The van der Waals surface area contributed by atoms with Crippen molar-refractivity contribution in [2.75, 3.05) is 45.7 Å². The molecule has 21 heavy (non-hydrogen) atoms. The van der Waals surface area contributed by atoms with E-state index in [-0.39, 0.29) is 5.91 Å². The van der Waals surface area contributed by atoms with Crippen LogP contribution >= 0.6 is 37.5 Å². The summed E-state index contributed by atoms with van der Waals surface area (Å²) in [5.74, 6) is 2.27. The molecule has 0 aliphatic heterocycles. The van der Waals surface area contributed by atoms with E-state index in [1.165, 1.54) is 0 Å². The Hall–Kier alpha value is -0.170. The van der Waals surface area contributed by atoms with Crippen LogP contribution in [0.3, 0.4) is 0 Å². The summed E-state index contributed by atoms with van der Waals surface area (Å²) in [4.78, 5) is 16.1. The summed E-state index contributed by atoms with van der Waals surface area (Å²) in [5.41, 5.74) is 1.06. The first-order chi connectivity index (χ1) is 9.99. The van der Waals surface area contributed by atoms with E-state index in [1.54, 1.807) is 0 Å². The molecule has 0 aliphatic carbocycles. The second-order valence-corrected chi connectivity index (χ2v) is 8.68. The zero-order valence-corrected chi connectivity index (χ0v) is 16.1. The zero-order chi connectivity index (χ0) is 15.7. The molecule has 118 valence electrons. The Morgan fingerprint density at radius 2 is 1.62 bits per heavy atom. The van der Waals surface area contributed by atoms with Gasteiger partial charge in [-0.2, -0.15) is 0 Å². The van der Waals surface area contributed by atoms with Crippen molar-refractivity contribution in [2.45, 2.75) is 6.42 Å². The molecule has 1 amide bonds.